The van der Waals surface area contributed by atoms with Gasteiger partial charge in [-0.15, -0.1) is 0 Å². The van der Waals surface area contributed by atoms with Crippen molar-refractivity contribution in [3.8, 4) is 5.75 Å². The van der Waals surface area contributed by atoms with Gasteiger partial charge in [0.1, 0.15) is 17.6 Å². The monoisotopic (exact) mass is 541 g/mol. The Morgan fingerprint density at radius 2 is 1.55 bits per heavy atom. The molecule has 38 heavy (non-hydrogen) atoms. The molecule has 0 saturated carbocycles. The van der Waals surface area contributed by atoms with Crippen molar-refractivity contribution in [3.63, 3.8) is 0 Å². The first-order chi connectivity index (χ1) is 18.1. The molecule has 0 aliphatic rings. The second-order valence-electron chi connectivity index (χ2n) is 8.87. The normalized spacial score (nSPS) is 12.1. The number of methoxy groups -OCH3 is 1. The molecule has 0 aliphatic carbocycles. The minimum absolute atomic E-state index is 0.0256. The summed E-state index contributed by atoms with van der Waals surface area (Å²) in [5.41, 5.74) is 2.15. The zero-order valence-corrected chi connectivity index (χ0v) is 22.4. The van der Waals surface area contributed by atoms with Gasteiger partial charge in [0.15, 0.2) is 0 Å². The highest BCUT2D eigenvalue weighted by molar-refractivity contribution is 7.88. The molecule has 8 nitrogen and oxygen atoms in total. The summed E-state index contributed by atoms with van der Waals surface area (Å²) in [5, 5.41) is 2.92. The average molecular weight is 542 g/mol. The number of sulfonamides is 1. The first kappa shape index (κ1) is 28.8. The van der Waals surface area contributed by atoms with Gasteiger partial charge >= 0.3 is 0 Å². The molecule has 202 valence electrons. The van der Waals surface area contributed by atoms with Crippen LogP contribution in [-0.4, -0.2) is 62.9 Å². The highest BCUT2D eigenvalue weighted by Crippen LogP contribution is 2.24. The molecule has 0 saturated heterocycles. The number of ether oxygens (including phenoxy) is 1. The lowest BCUT2D eigenvalue weighted by atomic mass is 10.0. The summed E-state index contributed by atoms with van der Waals surface area (Å²) < 4.78 is 43.6. The predicted octanol–water partition coefficient (Wildman–Crippen LogP) is 3.15. The van der Waals surface area contributed by atoms with Gasteiger partial charge in [-0.3, -0.25) is 9.59 Å². The number of likely N-dealkylation sites (N-methyl/N-ethyl adjacent to an activating group) is 1. The number of hydrogen-bond donors (Lipinski definition) is 1. The molecule has 10 heteroatoms. The zero-order chi connectivity index (χ0) is 27.7. The van der Waals surface area contributed by atoms with E-state index in [0.717, 1.165) is 21.9 Å². The van der Waals surface area contributed by atoms with Crippen molar-refractivity contribution in [3.05, 3.63) is 101 Å². The molecule has 1 atom stereocenters. The van der Waals surface area contributed by atoms with Crippen LogP contribution in [0.4, 0.5) is 4.39 Å². The molecule has 3 aromatic carbocycles. The van der Waals surface area contributed by atoms with Crippen LogP contribution in [-0.2, 0) is 32.6 Å². The molecule has 2 amide bonds. The Hall–Kier alpha value is -3.76. The molecule has 3 aromatic rings. The standard InChI is InChI=1S/C28H32FN3O5S/c1-31(38(3,35)36)20-26(33)32(19-22-9-13-24(29)14-10-22)27(23-7-5-4-6-8-23)28(34)30-18-17-21-11-15-25(37-2)16-12-21/h4-16,27H,17-20H2,1-3H3,(H,30,34). The Morgan fingerprint density at radius 3 is 2.13 bits per heavy atom. The van der Waals surface area contributed by atoms with Crippen molar-refractivity contribution in [2.45, 2.75) is 19.0 Å². The van der Waals surface area contributed by atoms with Crippen LogP contribution in [0.5, 0.6) is 5.75 Å². The van der Waals surface area contributed by atoms with Gasteiger partial charge in [-0.25, -0.2) is 12.8 Å². The van der Waals surface area contributed by atoms with Crippen LogP contribution in [0, 0.1) is 5.82 Å². The van der Waals surface area contributed by atoms with E-state index in [9.17, 15) is 22.4 Å². The van der Waals surface area contributed by atoms with E-state index in [4.69, 9.17) is 4.74 Å². The Labute approximate surface area is 223 Å². The number of hydrogen-bond acceptors (Lipinski definition) is 5. The SMILES string of the molecule is COc1ccc(CCNC(=O)C(c2ccccc2)N(Cc2ccc(F)cc2)C(=O)CN(C)S(C)(=O)=O)cc1. The molecule has 0 bridgehead atoms. The highest BCUT2D eigenvalue weighted by Gasteiger charge is 2.32. The number of nitrogens with one attached hydrogen (secondary N) is 1. The van der Waals surface area contributed by atoms with Gasteiger partial charge in [0.05, 0.1) is 19.9 Å². The predicted molar refractivity (Wildman–Crippen MR) is 143 cm³/mol. The Kier molecular flexibility index (Phi) is 9.98. The number of carbonyl (C=O) groups is 2. The van der Waals surface area contributed by atoms with E-state index in [1.54, 1.807) is 37.4 Å². The number of amides is 2. The van der Waals surface area contributed by atoms with Crippen LogP contribution in [0.15, 0.2) is 78.9 Å². The van der Waals surface area contributed by atoms with Crippen LogP contribution in [0.25, 0.3) is 0 Å². The quantitative estimate of drug-likeness (QED) is 0.380. The van der Waals surface area contributed by atoms with E-state index < -0.39 is 40.2 Å². The molecular weight excluding hydrogens is 509 g/mol. The van der Waals surface area contributed by atoms with Crippen LogP contribution in [0.2, 0.25) is 0 Å². The molecule has 3 rings (SSSR count). The molecular formula is C28H32FN3O5S. The molecule has 0 radical (unpaired) electrons. The fourth-order valence-corrected chi connectivity index (χ4v) is 4.18. The number of benzene rings is 3. The molecule has 1 unspecified atom stereocenters. The Morgan fingerprint density at radius 1 is 0.947 bits per heavy atom. The fourth-order valence-electron chi connectivity index (χ4n) is 3.84. The summed E-state index contributed by atoms with van der Waals surface area (Å²) >= 11 is 0. The lowest BCUT2D eigenvalue weighted by molar-refractivity contribution is -0.141. The van der Waals surface area contributed by atoms with Gasteiger partial charge in [0.25, 0.3) is 0 Å². The highest BCUT2D eigenvalue weighted by atomic mass is 32.2. The fraction of sp³-hybridized carbons (Fsp3) is 0.286. The average Bonchev–Trinajstić information content (AvgIpc) is 2.90. The lowest BCUT2D eigenvalue weighted by Crippen LogP contribution is -2.47. The summed E-state index contributed by atoms with van der Waals surface area (Å²) in [6.45, 7) is -0.166. The van der Waals surface area contributed by atoms with E-state index in [-0.39, 0.29) is 6.54 Å². The minimum atomic E-state index is -3.64. The first-order valence-corrected chi connectivity index (χ1v) is 13.8. The van der Waals surface area contributed by atoms with E-state index in [2.05, 4.69) is 5.32 Å². The van der Waals surface area contributed by atoms with E-state index in [0.29, 0.717) is 24.1 Å². The van der Waals surface area contributed by atoms with Crippen molar-refractivity contribution in [1.82, 2.24) is 14.5 Å². The Bertz CT molecular complexity index is 1320. The van der Waals surface area contributed by atoms with Crippen LogP contribution < -0.4 is 10.1 Å². The van der Waals surface area contributed by atoms with E-state index >= 15 is 0 Å². The summed E-state index contributed by atoms with van der Waals surface area (Å²) in [7, 11) is -0.753. The Balaban J connectivity index is 1.89. The topological polar surface area (TPSA) is 96.0 Å². The third kappa shape index (κ3) is 8.12. The van der Waals surface area contributed by atoms with Gasteiger partial charge in [0, 0.05) is 20.1 Å². The maximum Gasteiger partial charge on any atom is 0.247 e. The van der Waals surface area contributed by atoms with Crippen molar-refractivity contribution in [2.24, 2.45) is 0 Å². The second-order valence-corrected chi connectivity index (χ2v) is 11.0. The van der Waals surface area contributed by atoms with E-state index in [1.807, 2.05) is 24.3 Å². The van der Waals surface area contributed by atoms with Crippen LogP contribution in [0.1, 0.15) is 22.7 Å². The van der Waals surface area contributed by atoms with Gasteiger partial charge < -0.3 is 15.0 Å². The largest absolute Gasteiger partial charge is 0.497 e. The van der Waals surface area contributed by atoms with Crippen molar-refractivity contribution < 1.29 is 27.1 Å². The third-order valence-electron chi connectivity index (χ3n) is 6.06. The summed E-state index contributed by atoms with van der Waals surface area (Å²) in [6.07, 6.45) is 1.56. The van der Waals surface area contributed by atoms with Crippen molar-refractivity contribution >= 4 is 21.8 Å². The number of nitrogens with zero attached hydrogens (tertiary/aromatic N) is 2. The van der Waals surface area contributed by atoms with Crippen LogP contribution in [0.3, 0.4) is 0 Å². The zero-order valence-electron chi connectivity index (χ0n) is 21.6. The maximum atomic E-state index is 13.6. The molecule has 1 N–H and O–H groups in total. The van der Waals surface area contributed by atoms with E-state index in [1.165, 1.54) is 36.2 Å². The molecule has 0 aromatic heterocycles. The summed E-state index contributed by atoms with van der Waals surface area (Å²) in [4.78, 5) is 28.4. The molecule has 0 heterocycles. The van der Waals surface area contributed by atoms with Gasteiger partial charge in [0.2, 0.25) is 21.8 Å². The molecule has 0 fully saturated rings. The van der Waals surface area contributed by atoms with Gasteiger partial charge in [-0.05, 0) is 47.4 Å². The first-order valence-electron chi connectivity index (χ1n) is 12.0. The van der Waals surface area contributed by atoms with Gasteiger partial charge in [-0.2, -0.15) is 4.31 Å². The number of carbonyl (C=O) groups excluding carboxylic acids is 2. The van der Waals surface area contributed by atoms with Gasteiger partial charge in [-0.1, -0.05) is 54.6 Å². The maximum absolute atomic E-state index is 13.6. The lowest BCUT2D eigenvalue weighted by Gasteiger charge is -2.32. The van der Waals surface area contributed by atoms with Crippen molar-refractivity contribution in [2.75, 3.05) is 33.5 Å². The van der Waals surface area contributed by atoms with Crippen molar-refractivity contribution in [1.29, 1.82) is 0 Å². The summed E-state index contributed by atoms with van der Waals surface area (Å²) in [5.74, 6) is -0.682. The summed E-state index contributed by atoms with van der Waals surface area (Å²) in [6, 6.07) is 20.8. The third-order valence-corrected chi connectivity index (χ3v) is 7.32. The number of halogens is 1. The molecule has 0 aliphatic heterocycles. The minimum Gasteiger partial charge on any atom is -0.497 e. The van der Waals surface area contributed by atoms with Crippen LogP contribution >= 0.6 is 0 Å². The smallest absolute Gasteiger partial charge is 0.247 e. The number of rotatable bonds is 12. The molecule has 0 spiro atoms. The second kappa shape index (κ2) is 13.2.